The van der Waals surface area contributed by atoms with Crippen molar-refractivity contribution in [2.45, 2.75) is 25.6 Å². The van der Waals surface area contributed by atoms with E-state index in [4.69, 9.17) is 9.47 Å². The zero-order chi connectivity index (χ0) is 25.8. The summed E-state index contributed by atoms with van der Waals surface area (Å²) in [5.41, 5.74) is -1.72. The van der Waals surface area contributed by atoms with Crippen molar-refractivity contribution in [2.24, 2.45) is 0 Å². The molecule has 2 aromatic rings. The van der Waals surface area contributed by atoms with Gasteiger partial charge in [-0.25, -0.2) is 13.2 Å². The molecule has 1 aliphatic rings. The molecule has 5 nitrogen and oxygen atoms in total. The number of rotatable bonds is 7. The number of nitrogens with zero attached hydrogens (tertiary/aromatic N) is 1. The zero-order valence-corrected chi connectivity index (χ0v) is 18.5. The number of benzene rings is 2. The summed E-state index contributed by atoms with van der Waals surface area (Å²) < 4.78 is 91.7. The maximum atomic E-state index is 14.2. The van der Waals surface area contributed by atoms with Gasteiger partial charge in [-0.2, -0.15) is 13.2 Å². The normalized spacial score (nSPS) is 16.5. The first kappa shape index (κ1) is 26.3. The number of amides is 1. The highest BCUT2D eigenvalue weighted by Crippen LogP contribution is 2.33. The van der Waals surface area contributed by atoms with Crippen LogP contribution in [0, 0.1) is 17.5 Å². The lowest BCUT2D eigenvalue weighted by Gasteiger charge is -2.32. The van der Waals surface area contributed by atoms with Gasteiger partial charge in [0, 0.05) is 24.6 Å². The number of hydrogen-bond donors (Lipinski definition) is 0. The van der Waals surface area contributed by atoms with Crippen LogP contribution >= 0.6 is 0 Å². The lowest BCUT2D eigenvalue weighted by atomic mass is 10.1. The third-order valence-electron chi connectivity index (χ3n) is 5.23. The van der Waals surface area contributed by atoms with Crippen molar-refractivity contribution in [1.82, 2.24) is 4.90 Å². The number of carbonyl (C=O) groups excluding carboxylic acids is 2. The predicted octanol–water partition coefficient (Wildman–Crippen LogP) is 5.04. The average Bonchev–Trinajstić information content (AvgIpc) is 2.81. The van der Waals surface area contributed by atoms with E-state index in [2.05, 4.69) is 0 Å². The zero-order valence-electron chi connectivity index (χ0n) is 18.5. The number of carbonyl (C=O) groups is 2. The highest BCUT2D eigenvalue weighted by atomic mass is 19.4. The van der Waals surface area contributed by atoms with E-state index in [1.165, 1.54) is 4.90 Å². The summed E-state index contributed by atoms with van der Waals surface area (Å²) in [7, 11) is 0. The highest BCUT2D eigenvalue weighted by molar-refractivity contribution is 5.96. The van der Waals surface area contributed by atoms with Gasteiger partial charge in [-0.1, -0.05) is 13.0 Å². The molecule has 1 amide bonds. The van der Waals surface area contributed by atoms with Crippen molar-refractivity contribution in [1.29, 1.82) is 0 Å². The Balaban J connectivity index is 1.64. The molecule has 1 atom stereocenters. The smallest absolute Gasteiger partial charge is 0.417 e. The largest absolute Gasteiger partial charge is 0.485 e. The Hall–Kier alpha value is -3.34. The van der Waals surface area contributed by atoms with Gasteiger partial charge in [0.05, 0.1) is 18.7 Å². The molecule has 1 fully saturated rings. The molecule has 1 aliphatic heterocycles. The van der Waals surface area contributed by atoms with Gasteiger partial charge in [0.15, 0.2) is 23.2 Å². The lowest BCUT2D eigenvalue weighted by Crippen LogP contribution is -2.47. The summed E-state index contributed by atoms with van der Waals surface area (Å²) in [6.45, 7) is 1.38. The van der Waals surface area contributed by atoms with Crippen molar-refractivity contribution < 1.29 is 45.4 Å². The van der Waals surface area contributed by atoms with Crippen LogP contribution in [0.25, 0.3) is 6.08 Å². The maximum Gasteiger partial charge on any atom is 0.417 e. The van der Waals surface area contributed by atoms with Gasteiger partial charge in [-0.15, -0.1) is 0 Å². The molecule has 1 saturated heterocycles. The number of ketones is 1. The Morgan fingerprint density at radius 2 is 1.83 bits per heavy atom. The molecular formula is C24H21F6NO4. The molecule has 3 rings (SSSR count). The van der Waals surface area contributed by atoms with Crippen molar-refractivity contribution in [2.75, 3.05) is 26.3 Å². The fourth-order valence-electron chi connectivity index (χ4n) is 3.45. The van der Waals surface area contributed by atoms with Crippen molar-refractivity contribution in [3.63, 3.8) is 0 Å². The molecule has 0 saturated carbocycles. The molecule has 35 heavy (non-hydrogen) atoms. The quantitative estimate of drug-likeness (QED) is 0.303. The maximum absolute atomic E-state index is 14.2. The molecule has 1 unspecified atom stereocenters. The van der Waals surface area contributed by atoms with E-state index in [1.54, 1.807) is 6.92 Å². The molecular weight excluding hydrogens is 480 g/mol. The van der Waals surface area contributed by atoms with Crippen LogP contribution in [-0.2, 0) is 15.7 Å². The summed E-state index contributed by atoms with van der Waals surface area (Å²) in [6, 6.07) is 3.86. The van der Waals surface area contributed by atoms with Crippen molar-refractivity contribution >= 4 is 17.8 Å². The summed E-state index contributed by atoms with van der Waals surface area (Å²) in [5, 5.41) is 0. The minimum Gasteiger partial charge on any atom is -0.485 e. The molecule has 0 radical (unpaired) electrons. The molecule has 2 aromatic carbocycles. The monoisotopic (exact) mass is 501 g/mol. The van der Waals surface area contributed by atoms with Gasteiger partial charge >= 0.3 is 6.18 Å². The summed E-state index contributed by atoms with van der Waals surface area (Å²) in [5.74, 6) is -4.94. The van der Waals surface area contributed by atoms with E-state index < -0.39 is 52.7 Å². The van der Waals surface area contributed by atoms with Gasteiger partial charge < -0.3 is 14.4 Å². The summed E-state index contributed by atoms with van der Waals surface area (Å²) in [6.07, 6.45) is -3.64. The van der Waals surface area contributed by atoms with Crippen molar-refractivity contribution in [3.05, 3.63) is 70.5 Å². The van der Waals surface area contributed by atoms with E-state index in [1.807, 2.05) is 0 Å². The van der Waals surface area contributed by atoms with Gasteiger partial charge in [-0.3, -0.25) is 9.59 Å². The number of halogens is 6. The molecule has 0 aliphatic carbocycles. The first-order chi connectivity index (χ1) is 16.5. The number of alkyl halides is 3. The van der Waals surface area contributed by atoms with E-state index in [-0.39, 0.29) is 43.9 Å². The van der Waals surface area contributed by atoms with E-state index in [0.29, 0.717) is 6.07 Å². The lowest BCUT2D eigenvalue weighted by molar-refractivity contribution is -0.138. The molecule has 0 aromatic heterocycles. The van der Waals surface area contributed by atoms with E-state index in [9.17, 15) is 35.9 Å². The fraction of sp³-hybridized carbons (Fsp3) is 0.333. The first-order valence-corrected chi connectivity index (χ1v) is 10.6. The Morgan fingerprint density at radius 1 is 1.14 bits per heavy atom. The Morgan fingerprint density at radius 3 is 2.46 bits per heavy atom. The summed E-state index contributed by atoms with van der Waals surface area (Å²) >= 11 is 0. The average molecular weight is 501 g/mol. The second-order valence-electron chi connectivity index (χ2n) is 7.70. The highest BCUT2D eigenvalue weighted by Gasteiger charge is 2.33. The molecule has 11 heteroatoms. The van der Waals surface area contributed by atoms with Crippen LogP contribution in [0.1, 0.15) is 34.8 Å². The topological polar surface area (TPSA) is 55.8 Å². The van der Waals surface area contributed by atoms with Crippen LogP contribution in [0.4, 0.5) is 26.3 Å². The molecule has 0 spiro atoms. The predicted molar refractivity (Wildman–Crippen MR) is 113 cm³/mol. The minimum atomic E-state index is -4.81. The SMILES string of the molecule is CCC(=O)c1cc(F)c(OCC2CN(C(=O)C=Cc3ccc(F)cc3C(F)(F)F)CCO2)c(F)c1. The van der Waals surface area contributed by atoms with E-state index >= 15 is 0 Å². The van der Waals surface area contributed by atoms with Crippen molar-refractivity contribution in [3.8, 4) is 5.75 Å². The summed E-state index contributed by atoms with van der Waals surface area (Å²) in [4.78, 5) is 25.4. The number of ether oxygens (including phenoxy) is 2. The van der Waals surface area contributed by atoms with Crippen LogP contribution in [0.2, 0.25) is 0 Å². The standard InChI is InChI=1S/C24H21F6NO4/c1-2-21(32)15-9-19(26)23(20(27)10-15)35-13-17-12-31(7-8-34-17)22(33)6-4-14-3-5-16(25)11-18(14)24(28,29)30/h3-6,9-11,17H,2,7-8,12-13H2,1H3. The molecule has 0 N–H and O–H groups in total. The third-order valence-corrected chi connectivity index (χ3v) is 5.23. The third kappa shape index (κ3) is 6.62. The molecule has 0 bridgehead atoms. The van der Waals surface area contributed by atoms with E-state index in [0.717, 1.165) is 36.4 Å². The van der Waals surface area contributed by atoms with Gasteiger partial charge in [0.1, 0.15) is 18.5 Å². The second-order valence-corrected chi connectivity index (χ2v) is 7.70. The number of morpholine rings is 1. The van der Waals surface area contributed by atoms with Crippen LogP contribution in [-0.4, -0.2) is 49.0 Å². The molecule has 188 valence electrons. The van der Waals surface area contributed by atoms with Gasteiger partial charge in [-0.05, 0) is 35.9 Å². The van der Waals surface area contributed by atoms with Crippen LogP contribution in [0.15, 0.2) is 36.4 Å². The van der Waals surface area contributed by atoms with Crippen LogP contribution in [0.3, 0.4) is 0 Å². The Labute approximate surface area is 196 Å². The first-order valence-electron chi connectivity index (χ1n) is 10.6. The minimum absolute atomic E-state index is 0.0473. The Bertz CT molecular complexity index is 1110. The molecule has 1 heterocycles. The number of Topliss-reactive ketones (excluding diaryl/α,β-unsaturated/α-hetero) is 1. The number of hydrogen-bond acceptors (Lipinski definition) is 4. The van der Waals surface area contributed by atoms with Crippen LogP contribution in [0.5, 0.6) is 5.75 Å². The second kappa shape index (κ2) is 10.9. The van der Waals surface area contributed by atoms with Gasteiger partial charge in [0.2, 0.25) is 5.91 Å². The van der Waals surface area contributed by atoms with Gasteiger partial charge in [0.25, 0.3) is 0 Å². The van der Waals surface area contributed by atoms with Crippen LogP contribution < -0.4 is 4.74 Å². The Kier molecular flexibility index (Phi) is 8.21. The fourth-order valence-corrected chi connectivity index (χ4v) is 3.45.